The molecule has 4 aromatic rings. The molecule has 0 saturated heterocycles. The maximum Gasteiger partial charge on any atom is 0.198 e. The van der Waals surface area contributed by atoms with Gasteiger partial charge < -0.3 is 10.6 Å². The Hall–Kier alpha value is -2.61. The van der Waals surface area contributed by atoms with Gasteiger partial charge in [0.25, 0.3) is 0 Å². The van der Waals surface area contributed by atoms with Crippen molar-refractivity contribution in [2.75, 3.05) is 10.6 Å². The summed E-state index contributed by atoms with van der Waals surface area (Å²) in [5, 5.41) is 9.13. The van der Waals surface area contributed by atoms with Gasteiger partial charge >= 0.3 is 0 Å². The summed E-state index contributed by atoms with van der Waals surface area (Å²) < 4.78 is 0.922. The molecular weight excluding hydrogens is 428 g/mol. The number of anilines is 3. The second-order valence-corrected chi connectivity index (χ2v) is 9.56. The SMILES string of the molecule is S=C(/N=c1\sc(Nc2ccccc2)nc2sc3c(c12)CCCC3)Nc1ccccc1. The molecule has 4 nitrogen and oxygen atoms in total. The first-order chi connectivity index (χ1) is 14.8. The Labute approximate surface area is 188 Å². The highest BCUT2D eigenvalue weighted by Gasteiger charge is 2.19. The lowest BCUT2D eigenvalue weighted by Crippen LogP contribution is -2.13. The van der Waals surface area contributed by atoms with Gasteiger partial charge in [0.15, 0.2) is 10.2 Å². The number of hydrogen-bond donors (Lipinski definition) is 2. The molecule has 2 N–H and O–H groups in total. The fraction of sp³-hybridized carbons (Fsp3) is 0.174. The van der Waals surface area contributed by atoms with E-state index in [4.69, 9.17) is 22.2 Å². The van der Waals surface area contributed by atoms with Crippen LogP contribution in [0.2, 0.25) is 0 Å². The first-order valence-electron chi connectivity index (χ1n) is 9.94. The molecule has 0 aliphatic heterocycles. The minimum absolute atomic E-state index is 0.464. The highest BCUT2D eigenvalue weighted by Crippen LogP contribution is 2.35. The van der Waals surface area contributed by atoms with Crippen molar-refractivity contribution in [1.29, 1.82) is 0 Å². The molecule has 2 heterocycles. The Morgan fingerprint density at radius 1 is 0.900 bits per heavy atom. The van der Waals surface area contributed by atoms with Crippen LogP contribution in [0.4, 0.5) is 16.5 Å². The van der Waals surface area contributed by atoms with Crippen LogP contribution in [-0.4, -0.2) is 10.1 Å². The van der Waals surface area contributed by atoms with Crippen molar-refractivity contribution in [1.82, 2.24) is 4.98 Å². The number of thiocarbonyl (C=S) groups is 1. The van der Waals surface area contributed by atoms with Crippen LogP contribution in [0.1, 0.15) is 23.3 Å². The van der Waals surface area contributed by atoms with Crippen LogP contribution in [0.15, 0.2) is 65.7 Å². The fourth-order valence-electron chi connectivity index (χ4n) is 3.65. The summed E-state index contributed by atoms with van der Waals surface area (Å²) in [6, 6.07) is 20.0. The van der Waals surface area contributed by atoms with Crippen molar-refractivity contribution in [3.05, 3.63) is 75.8 Å². The van der Waals surface area contributed by atoms with Gasteiger partial charge in [-0.15, -0.1) is 11.3 Å². The molecule has 0 bridgehead atoms. The van der Waals surface area contributed by atoms with E-state index in [-0.39, 0.29) is 0 Å². The molecule has 2 aromatic heterocycles. The Bertz CT molecular complexity index is 1260. The quantitative estimate of drug-likeness (QED) is 0.362. The number of nitrogens with zero attached hydrogens (tertiary/aromatic N) is 2. The number of aryl methyl sites for hydroxylation is 2. The van der Waals surface area contributed by atoms with E-state index in [0.717, 1.165) is 38.8 Å². The zero-order valence-electron chi connectivity index (χ0n) is 16.2. The zero-order valence-corrected chi connectivity index (χ0v) is 18.7. The predicted molar refractivity (Wildman–Crippen MR) is 132 cm³/mol. The summed E-state index contributed by atoms with van der Waals surface area (Å²) in [5.41, 5.74) is 3.37. The Kier molecular flexibility index (Phi) is 5.57. The van der Waals surface area contributed by atoms with Gasteiger partial charge in [-0.1, -0.05) is 47.7 Å². The van der Waals surface area contributed by atoms with Crippen LogP contribution in [0.5, 0.6) is 0 Å². The van der Waals surface area contributed by atoms with E-state index < -0.39 is 0 Å². The zero-order chi connectivity index (χ0) is 20.3. The lowest BCUT2D eigenvalue weighted by Gasteiger charge is -2.10. The molecule has 0 fully saturated rings. The standard InChI is InChI=1S/C23H20N4S3/c28-22(24-15-9-3-1-4-10-15)26-20-19-17-13-7-8-14-18(17)29-21(19)27-23(30-20)25-16-11-5-2-6-12-16/h1-6,9-12H,7-8,13-14H2,(H,24,28)(H,25,27)/b26-20-. The van der Waals surface area contributed by atoms with Gasteiger partial charge in [0.2, 0.25) is 0 Å². The van der Waals surface area contributed by atoms with Crippen molar-refractivity contribution in [2.45, 2.75) is 25.7 Å². The smallest absolute Gasteiger partial charge is 0.198 e. The number of hydrogen-bond acceptors (Lipinski definition) is 5. The molecule has 1 aliphatic rings. The van der Waals surface area contributed by atoms with Crippen molar-refractivity contribution < 1.29 is 0 Å². The summed E-state index contributed by atoms with van der Waals surface area (Å²) in [6.07, 6.45) is 4.70. The fourth-order valence-corrected chi connectivity index (χ4v) is 6.25. The molecular formula is C23H20N4S3. The maximum absolute atomic E-state index is 5.57. The van der Waals surface area contributed by atoms with Crippen LogP contribution >= 0.6 is 34.9 Å². The van der Waals surface area contributed by atoms with Crippen LogP contribution in [0.25, 0.3) is 10.2 Å². The van der Waals surface area contributed by atoms with Gasteiger partial charge in [-0.25, -0.2) is 9.98 Å². The van der Waals surface area contributed by atoms with Gasteiger partial charge in [0.05, 0.1) is 5.39 Å². The number of benzene rings is 2. The molecule has 0 radical (unpaired) electrons. The van der Waals surface area contributed by atoms with E-state index in [1.807, 2.05) is 60.7 Å². The van der Waals surface area contributed by atoms with E-state index in [9.17, 15) is 0 Å². The summed E-state index contributed by atoms with van der Waals surface area (Å²) in [5.74, 6) is 0. The molecule has 5 rings (SSSR count). The summed E-state index contributed by atoms with van der Waals surface area (Å²) in [6.45, 7) is 0. The minimum atomic E-state index is 0.464. The average molecular weight is 449 g/mol. The van der Waals surface area contributed by atoms with Gasteiger partial charge in [-0.2, -0.15) is 0 Å². The number of aromatic nitrogens is 1. The second kappa shape index (κ2) is 8.63. The van der Waals surface area contributed by atoms with Gasteiger partial charge in [0, 0.05) is 16.3 Å². The lowest BCUT2D eigenvalue weighted by atomic mass is 9.97. The minimum Gasteiger partial charge on any atom is -0.331 e. The molecule has 1 aliphatic carbocycles. The molecule has 30 heavy (non-hydrogen) atoms. The normalized spacial score (nSPS) is 13.8. The average Bonchev–Trinajstić information content (AvgIpc) is 3.14. The topological polar surface area (TPSA) is 49.3 Å². The first-order valence-corrected chi connectivity index (χ1v) is 12.0. The third kappa shape index (κ3) is 4.14. The van der Waals surface area contributed by atoms with Crippen molar-refractivity contribution in [3.8, 4) is 0 Å². The van der Waals surface area contributed by atoms with Crippen LogP contribution in [0, 0.1) is 0 Å². The monoisotopic (exact) mass is 448 g/mol. The first kappa shape index (κ1) is 19.4. The second-order valence-electron chi connectivity index (χ2n) is 7.11. The van der Waals surface area contributed by atoms with Crippen LogP contribution < -0.4 is 15.3 Å². The molecule has 0 unspecified atom stereocenters. The van der Waals surface area contributed by atoms with Crippen LogP contribution in [0.3, 0.4) is 0 Å². The molecule has 7 heteroatoms. The Morgan fingerprint density at radius 3 is 2.37 bits per heavy atom. The van der Waals surface area contributed by atoms with Crippen LogP contribution in [-0.2, 0) is 12.8 Å². The number of nitrogens with one attached hydrogen (secondary N) is 2. The Morgan fingerprint density at radius 2 is 1.60 bits per heavy atom. The summed E-state index contributed by atoms with van der Waals surface area (Å²) in [7, 11) is 0. The van der Waals surface area contributed by atoms with Gasteiger partial charge in [-0.3, -0.25) is 0 Å². The highest BCUT2D eigenvalue weighted by molar-refractivity contribution is 7.80. The Balaban J connectivity index is 1.60. The molecule has 0 spiro atoms. The van der Waals surface area contributed by atoms with Gasteiger partial charge in [-0.05, 0) is 67.7 Å². The van der Waals surface area contributed by atoms with E-state index in [1.165, 1.54) is 28.7 Å². The van der Waals surface area contributed by atoms with Crippen molar-refractivity contribution in [2.24, 2.45) is 4.99 Å². The van der Waals surface area contributed by atoms with E-state index in [1.54, 1.807) is 22.7 Å². The third-order valence-electron chi connectivity index (χ3n) is 5.02. The summed E-state index contributed by atoms with van der Waals surface area (Å²) in [4.78, 5) is 12.3. The molecule has 0 amide bonds. The molecule has 2 aromatic carbocycles. The summed E-state index contributed by atoms with van der Waals surface area (Å²) >= 11 is 8.93. The maximum atomic E-state index is 5.57. The van der Waals surface area contributed by atoms with Crippen molar-refractivity contribution >= 4 is 66.7 Å². The highest BCUT2D eigenvalue weighted by atomic mass is 32.1. The predicted octanol–water partition coefficient (Wildman–Crippen LogP) is 6.28. The third-order valence-corrected chi connectivity index (χ3v) is 7.27. The van der Waals surface area contributed by atoms with Gasteiger partial charge in [0.1, 0.15) is 9.50 Å². The number of thiophene rings is 1. The number of fused-ring (bicyclic) bond motifs is 3. The van der Waals surface area contributed by atoms with E-state index in [2.05, 4.69) is 10.6 Å². The van der Waals surface area contributed by atoms with Crippen molar-refractivity contribution in [3.63, 3.8) is 0 Å². The number of rotatable bonds is 3. The molecule has 0 atom stereocenters. The van der Waals surface area contributed by atoms with E-state index in [0.29, 0.717) is 5.11 Å². The lowest BCUT2D eigenvalue weighted by molar-refractivity contribution is 0.700. The van der Waals surface area contributed by atoms with E-state index >= 15 is 0 Å². The molecule has 0 saturated carbocycles. The number of para-hydroxylation sites is 2. The molecule has 150 valence electrons. The largest absolute Gasteiger partial charge is 0.331 e.